The van der Waals surface area contributed by atoms with Crippen molar-refractivity contribution in [1.29, 1.82) is 0 Å². The second kappa shape index (κ2) is 5.37. The highest BCUT2D eigenvalue weighted by molar-refractivity contribution is 6.50. The Morgan fingerprint density at radius 2 is 1.57 bits per heavy atom. The maximum absolute atomic E-state index is 11.9. The van der Waals surface area contributed by atoms with E-state index >= 15 is 0 Å². The summed E-state index contributed by atoms with van der Waals surface area (Å²) in [6.07, 6.45) is 2.36. The number of benzene rings is 2. The van der Waals surface area contributed by atoms with Gasteiger partial charge in [0.15, 0.2) is 0 Å². The van der Waals surface area contributed by atoms with Crippen LogP contribution in [0.3, 0.4) is 0 Å². The van der Waals surface area contributed by atoms with Crippen molar-refractivity contribution in [1.82, 2.24) is 0 Å². The van der Waals surface area contributed by atoms with Crippen molar-refractivity contribution in [2.75, 3.05) is 5.32 Å². The first-order chi connectivity index (χ1) is 10.2. The minimum absolute atomic E-state index is 0.447. The van der Waals surface area contributed by atoms with Crippen LogP contribution in [-0.2, 0) is 11.2 Å². The molecule has 0 saturated carbocycles. The topological polar surface area (TPSA) is 46.2 Å². The van der Waals surface area contributed by atoms with Gasteiger partial charge in [-0.15, -0.1) is 0 Å². The van der Waals surface area contributed by atoms with E-state index in [2.05, 4.69) is 12.2 Å². The number of fused-ring (bicyclic) bond motifs is 1. The number of allylic oxidation sites excluding steroid dienone is 1. The lowest BCUT2D eigenvalue weighted by molar-refractivity contribution is -0.111. The minimum atomic E-state index is -0.485. The van der Waals surface area contributed by atoms with Crippen molar-refractivity contribution in [3.05, 3.63) is 71.3 Å². The van der Waals surface area contributed by atoms with E-state index in [4.69, 9.17) is 0 Å². The number of Topliss-reactive ketones (excluding diaryl/α,β-unsaturated/α-hetero) is 1. The molecule has 0 radical (unpaired) electrons. The van der Waals surface area contributed by atoms with Crippen molar-refractivity contribution in [3.63, 3.8) is 0 Å². The number of carbonyl (C=O) groups is 2. The smallest absolute Gasteiger partial charge is 0.233 e. The Hall–Kier alpha value is -2.68. The molecule has 0 spiro atoms. The molecule has 1 aliphatic carbocycles. The van der Waals surface area contributed by atoms with Gasteiger partial charge in [0.1, 0.15) is 0 Å². The summed E-state index contributed by atoms with van der Waals surface area (Å²) in [4.78, 5) is 23.7. The standard InChI is InChI=1S/C18H15NO2/c1-2-12-7-9-13(10-8-12)19-16-11-17(20)18(21)15-6-4-3-5-14(15)16/h3-11,19H,2H2,1H3. The molecule has 0 heterocycles. The summed E-state index contributed by atoms with van der Waals surface area (Å²) in [6, 6.07) is 15.2. The molecule has 0 aromatic heterocycles. The predicted octanol–water partition coefficient (Wildman–Crippen LogP) is 3.47. The van der Waals surface area contributed by atoms with Gasteiger partial charge in [0.2, 0.25) is 11.6 Å². The summed E-state index contributed by atoms with van der Waals surface area (Å²) in [5.74, 6) is -0.932. The van der Waals surface area contributed by atoms with Crippen LogP contribution in [0.25, 0.3) is 5.70 Å². The molecule has 104 valence electrons. The van der Waals surface area contributed by atoms with Crippen LogP contribution in [0.15, 0.2) is 54.6 Å². The molecule has 2 aromatic rings. The van der Waals surface area contributed by atoms with Crippen molar-refractivity contribution in [3.8, 4) is 0 Å². The van der Waals surface area contributed by atoms with E-state index in [1.54, 1.807) is 12.1 Å². The molecule has 0 fully saturated rings. The van der Waals surface area contributed by atoms with E-state index in [9.17, 15) is 9.59 Å². The lowest BCUT2D eigenvalue weighted by Gasteiger charge is -2.17. The summed E-state index contributed by atoms with van der Waals surface area (Å²) in [7, 11) is 0. The molecule has 0 bridgehead atoms. The Labute approximate surface area is 123 Å². The van der Waals surface area contributed by atoms with Crippen molar-refractivity contribution in [2.24, 2.45) is 0 Å². The number of carbonyl (C=O) groups excluding carboxylic acids is 2. The minimum Gasteiger partial charge on any atom is -0.355 e. The SMILES string of the molecule is CCc1ccc(NC2=CC(=O)C(=O)c3ccccc32)cc1. The van der Waals surface area contributed by atoms with Crippen LogP contribution < -0.4 is 5.32 Å². The van der Waals surface area contributed by atoms with Crippen LogP contribution in [0.1, 0.15) is 28.4 Å². The first kappa shape index (κ1) is 13.3. The Kier molecular flexibility index (Phi) is 3.40. The first-order valence-corrected chi connectivity index (χ1v) is 6.94. The fourth-order valence-electron chi connectivity index (χ4n) is 2.41. The molecule has 0 atom stereocenters. The van der Waals surface area contributed by atoms with Gasteiger partial charge < -0.3 is 5.32 Å². The van der Waals surface area contributed by atoms with E-state index in [0.29, 0.717) is 11.3 Å². The average molecular weight is 277 g/mol. The fraction of sp³-hybridized carbons (Fsp3) is 0.111. The quantitative estimate of drug-likeness (QED) is 0.874. The van der Waals surface area contributed by atoms with Crippen molar-refractivity contribution < 1.29 is 9.59 Å². The summed E-state index contributed by atoms with van der Waals surface area (Å²) in [5, 5.41) is 3.23. The lowest BCUT2D eigenvalue weighted by Crippen LogP contribution is -2.20. The van der Waals surface area contributed by atoms with Crippen LogP contribution in [-0.4, -0.2) is 11.6 Å². The molecule has 2 aromatic carbocycles. The molecule has 3 nitrogen and oxygen atoms in total. The van der Waals surface area contributed by atoms with Gasteiger partial charge >= 0.3 is 0 Å². The highest BCUT2D eigenvalue weighted by Gasteiger charge is 2.25. The Bertz CT molecular complexity index is 742. The third-order valence-corrected chi connectivity index (χ3v) is 3.60. The zero-order valence-corrected chi connectivity index (χ0v) is 11.7. The summed E-state index contributed by atoms with van der Waals surface area (Å²) in [6.45, 7) is 2.10. The van der Waals surface area contributed by atoms with Gasteiger partial charge in [-0.2, -0.15) is 0 Å². The highest BCUT2D eigenvalue weighted by Crippen LogP contribution is 2.26. The molecule has 1 N–H and O–H groups in total. The number of rotatable bonds is 3. The molecular weight excluding hydrogens is 262 g/mol. The molecule has 1 aliphatic rings. The highest BCUT2D eigenvalue weighted by atomic mass is 16.2. The summed E-state index contributed by atoms with van der Waals surface area (Å²) in [5.41, 5.74) is 4.04. The van der Waals surface area contributed by atoms with Gasteiger partial charge in [0.25, 0.3) is 0 Å². The van der Waals surface area contributed by atoms with Gasteiger partial charge in [0.05, 0.1) is 5.70 Å². The maximum atomic E-state index is 11.9. The lowest BCUT2D eigenvalue weighted by atomic mass is 9.92. The summed E-state index contributed by atoms with van der Waals surface area (Å²) >= 11 is 0. The second-order valence-corrected chi connectivity index (χ2v) is 4.97. The largest absolute Gasteiger partial charge is 0.355 e. The number of ketones is 2. The number of nitrogens with one attached hydrogen (secondary N) is 1. The molecular formula is C18H15NO2. The fourth-order valence-corrected chi connectivity index (χ4v) is 2.41. The van der Waals surface area contributed by atoms with Gasteiger partial charge in [-0.1, -0.05) is 43.3 Å². The molecule has 0 unspecified atom stereocenters. The van der Waals surface area contributed by atoms with Gasteiger partial charge in [-0.05, 0) is 24.1 Å². The number of hydrogen-bond donors (Lipinski definition) is 1. The Morgan fingerprint density at radius 1 is 0.905 bits per heavy atom. The van der Waals surface area contributed by atoms with Crippen LogP contribution >= 0.6 is 0 Å². The van der Waals surface area contributed by atoms with Crippen LogP contribution in [0.2, 0.25) is 0 Å². The second-order valence-electron chi connectivity index (χ2n) is 4.97. The third-order valence-electron chi connectivity index (χ3n) is 3.60. The summed E-state index contributed by atoms with van der Waals surface area (Å²) < 4.78 is 0. The van der Waals surface area contributed by atoms with E-state index in [1.807, 2.05) is 36.4 Å². The van der Waals surface area contributed by atoms with Crippen molar-refractivity contribution >= 4 is 23.0 Å². The maximum Gasteiger partial charge on any atom is 0.233 e. The molecule has 0 saturated heterocycles. The van der Waals surface area contributed by atoms with Gasteiger partial charge in [0, 0.05) is 22.9 Å². The molecule has 3 heteroatoms. The third kappa shape index (κ3) is 2.50. The zero-order chi connectivity index (χ0) is 14.8. The zero-order valence-electron chi connectivity index (χ0n) is 11.7. The van der Waals surface area contributed by atoms with E-state index in [0.717, 1.165) is 17.7 Å². The van der Waals surface area contributed by atoms with Crippen LogP contribution in [0.5, 0.6) is 0 Å². The number of anilines is 1. The first-order valence-electron chi connectivity index (χ1n) is 6.94. The van der Waals surface area contributed by atoms with Gasteiger partial charge in [-0.25, -0.2) is 0 Å². The average Bonchev–Trinajstić information content (AvgIpc) is 2.53. The van der Waals surface area contributed by atoms with Crippen molar-refractivity contribution in [2.45, 2.75) is 13.3 Å². The predicted molar refractivity (Wildman–Crippen MR) is 83.2 cm³/mol. The molecule has 3 rings (SSSR count). The van der Waals surface area contributed by atoms with Crippen LogP contribution in [0, 0.1) is 0 Å². The van der Waals surface area contributed by atoms with E-state index < -0.39 is 11.6 Å². The van der Waals surface area contributed by atoms with Gasteiger partial charge in [-0.3, -0.25) is 9.59 Å². The van der Waals surface area contributed by atoms with E-state index in [-0.39, 0.29) is 0 Å². The van der Waals surface area contributed by atoms with Crippen LogP contribution in [0.4, 0.5) is 5.69 Å². The Morgan fingerprint density at radius 3 is 2.24 bits per heavy atom. The monoisotopic (exact) mass is 277 g/mol. The number of aryl methyl sites for hydroxylation is 1. The molecule has 0 aliphatic heterocycles. The molecule has 0 amide bonds. The van der Waals surface area contributed by atoms with E-state index in [1.165, 1.54) is 11.6 Å². The molecule has 21 heavy (non-hydrogen) atoms. The normalized spacial score (nSPS) is 13.7. The number of hydrogen-bond acceptors (Lipinski definition) is 3. The Balaban J connectivity index is 1.96.